The van der Waals surface area contributed by atoms with Gasteiger partial charge in [0.05, 0.1) is 19.2 Å². The average molecular weight is 438 g/mol. The minimum absolute atomic E-state index is 0.0411. The van der Waals surface area contributed by atoms with Crippen LogP contribution in [0.2, 0.25) is 0 Å². The quantitative estimate of drug-likeness (QED) is 0.663. The minimum Gasteiger partial charge on any atom is -0.493 e. The van der Waals surface area contributed by atoms with Gasteiger partial charge in [-0.2, -0.15) is 15.1 Å². The predicted molar refractivity (Wildman–Crippen MR) is 123 cm³/mol. The summed E-state index contributed by atoms with van der Waals surface area (Å²) in [5.41, 5.74) is 2.10. The molecule has 160 valence electrons. The number of hydrazone groups is 1. The number of hydrogen-bond acceptors (Lipinski definition) is 6. The maximum absolute atomic E-state index is 12.5. The lowest BCUT2D eigenvalue weighted by Gasteiger charge is -2.20. The number of aryl methyl sites for hydroxylation is 1. The van der Waals surface area contributed by atoms with Crippen molar-refractivity contribution in [2.75, 3.05) is 13.7 Å². The van der Waals surface area contributed by atoms with E-state index in [0.717, 1.165) is 22.7 Å². The summed E-state index contributed by atoms with van der Waals surface area (Å²) in [5.74, 6) is 0.992. The van der Waals surface area contributed by atoms with Crippen molar-refractivity contribution in [1.29, 1.82) is 5.41 Å². The number of aliphatic imine (C=N–C) groups is 1. The lowest BCUT2D eigenvalue weighted by molar-refractivity contribution is -0.114. The number of fused-ring (bicyclic) bond motifs is 1. The molecule has 1 aromatic heterocycles. The number of amides is 1. The van der Waals surface area contributed by atoms with Crippen LogP contribution >= 0.6 is 11.8 Å². The van der Waals surface area contributed by atoms with Crippen LogP contribution < -0.4 is 9.47 Å². The Kier molecular flexibility index (Phi) is 5.94. The molecule has 2 aliphatic rings. The Labute approximate surface area is 184 Å². The Bertz CT molecular complexity index is 1130. The maximum atomic E-state index is 12.5. The number of nitrogens with zero attached hydrogens (tertiary/aromatic N) is 4. The van der Waals surface area contributed by atoms with Gasteiger partial charge in [0.25, 0.3) is 5.91 Å². The first-order valence-corrected chi connectivity index (χ1v) is 10.7. The lowest BCUT2D eigenvalue weighted by Crippen LogP contribution is -2.35. The van der Waals surface area contributed by atoms with E-state index in [4.69, 9.17) is 14.9 Å². The van der Waals surface area contributed by atoms with Crippen molar-refractivity contribution in [3.8, 4) is 11.5 Å². The highest BCUT2D eigenvalue weighted by Gasteiger charge is 2.35. The van der Waals surface area contributed by atoms with Crippen LogP contribution in [0.25, 0.3) is 6.08 Å². The molecular formula is C22H23N5O3S. The van der Waals surface area contributed by atoms with Crippen molar-refractivity contribution in [2.45, 2.75) is 26.8 Å². The van der Waals surface area contributed by atoms with Gasteiger partial charge in [-0.15, -0.1) is 0 Å². The number of hydrogen-bond donors (Lipinski definition) is 1. The zero-order valence-corrected chi connectivity index (χ0v) is 18.4. The van der Waals surface area contributed by atoms with Gasteiger partial charge in [0.2, 0.25) is 5.17 Å². The van der Waals surface area contributed by atoms with Gasteiger partial charge in [0.1, 0.15) is 11.7 Å². The van der Waals surface area contributed by atoms with E-state index in [1.54, 1.807) is 13.2 Å². The summed E-state index contributed by atoms with van der Waals surface area (Å²) < 4.78 is 13.2. The molecule has 0 unspecified atom stereocenters. The number of nitrogens with one attached hydrogen (secondary N) is 1. The summed E-state index contributed by atoms with van der Waals surface area (Å²) in [6.45, 7) is 4.97. The molecule has 1 aromatic carbocycles. The Morgan fingerprint density at radius 1 is 1.26 bits per heavy atom. The van der Waals surface area contributed by atoms with Crippen LogP contribution in [-0.4, -0.2) is 45.2 Å². The standard InChI is InChI=1S/C22H23N5O3S/c1-4-19-25-27-20(23)16(21(28)24-22(27)31-19)13-15-6-5-9-26(15)10-11-30-17-8-7-14(2)12-18(17)29-3/h5-9,12-13,23H,4,10-11H2,1-3H3/b16-13-,23-20?. The van der Waals surface area contributed by atoms with Crippen molar-refractivity contribution in [1.82, 2.24) is 9.58 Å². The predicted octanol–water partition coefficient (Wildman–Crippen LogP) is 3.91. The molecule has 4 rings (SSSR count). The van der Waals surface area contributed by atoms with E-state index in [1.165, 1.54) is 16.8 Å². The summed E-state index contributed by atoms with van der Waals surface area (Å²) >= 11 is 1.33. The molecular weight excluding hydrogens is 414 g/mol. The highest BCUT2D eigenvalue weighted by molar-refractivity contribution is 8.26. The van der Waals surface area contributed by atoms with Gasteiger partial charge in [-0.3, -0.25) is 10.2 Å². The first-order chi connectivity index (χ1) is 15.0. The molecule has 31 heavy (non-hydrogen) atoms. The largest absolute Gasteiger partial charge is 0.493 e. The summed E-state index contributed by atoms with van der Waals surface area (Å²) in [5, 5.41) is 15.5. The minimum atomic E-state index is -0.426. The monoisotopic (exact) mass is 437 g/mol. The zero-order chi connectivity index (χ0) is 22.0. The zero-order valence-electron chi connectivity index (χ0n) is 17.6. The molecule has 1 amide bonds. The third-order valence-electron chi connectivity index (χ3n) is 4.86. The number of carbonyl (C=O) groups is 1. The molecule has 2 aromatic rings. The summed E-state index contributed by atoms with van der Waals surface area (Å²) in [7, 11) is 1.62. The topological polar surface area (TPSA) is 92.3 Å². The van der Waals surface area contributed by atoms with E-state index in [-0.39, 0.29) is 11.4 Å². The van der Waals surface area contributed by atoms with Crippen LogP contribution in [0.4, 0.5) is 0 Å². The number of carbonyl (C=O) groups excluding carboxylic acids is 1. The molecule has 0 fully saturated rings. The molecule has 0 aliphatic carbocycles. The van der Waals surface area contributed by atoms with Crippen LogP contribution in [0.3, 0.4) is 0 Å². The lowest BCUT2D eigenvalue weighted by atomic mass is 10.1. The number of rotatable bonds is 7. The Balaban J connectivity index is 1.49. The van der Waals surface area contributed by atoms with Gasteiger partial charge in [-0.25, -0.2) is 0 Å². The molecule has 3 heterocycles. The number of aromatic nitrogens is 1. The van der Waals surface area contributed by atoms with Crippen molar-refractivity contribution in [3.05, 3.63) is 53.4 Å². The second-order valence-electron chi connectivity index (χ2n) is 7.00. The van der Waals surface area contributed by atoms with Gasteiger partial charge < -0.3 is 14.0 Å². The molecule has 0 saturated carbocycles. The second-order valence-corrected chi connectivity index (χ2v) is 8.04. The summed E-state index contributed by atoms with van der Waals surface area (Å²) in [6, 6.07) is 9.58. The third-order valence-corrected chi connectivity index (χ3v) is 5.92. The van der Waals surface area contributed by atoms with Gasteiger partial charge in [-0.05, 0) is 61.0 Å². The molecule has 1 N–H and O–H groups in total. The smallest absolute Gasteiger partial charge is 0.283 e. The number of methoxy groups -OCH3 is 1. The first-order valence-electron chi connectivity index (χ1n) is 9.91. The highest BCUT2D eigenvalue weighted by Crippen LogP contribution is 2.30. The fourth-order valence-electron chi connectivity index (χ4n) is 3.23. The summed E-state index contributed by atoms with van der Waals surface area (Å²) in [6.07, 6.45) is 4.32. The molecule has 0 atom stereocenters. The third kappa shape index (κ3) is 4.27. The average Bonchev–Trinajstić information content (AvgIpc) is 3.38. The molecule has 8 nitrogen and oxygen atoms in total. The second kappa shape index (κ2) is 8.81. The van der Waals surface area contributed by atoms with Crippen molar-refractivity contribution in [3.63, 3.8) is 0 Å². The normalized spacial score (nSPS) is 17.0. The van der Waals surface area contributed by atoms with E-state index in [0.29, 0.717) is 29.8 Å². The molecule has 9 heteroatoms. The number of ether oxygens (including phenoxy) is 2. The van der Waals surface area contributed by atoms with Crippen molar-refractivity contribution >= 4 is 39.8 Å². The molecule has 2 aliphatic heterocycles. The van der Waals surface area contributed by atoms with Gasteiger partial charge >= 0.3 is 0 Å². The number of amidine groups is 2. The van der Waals surface area contributed by atoms with Crippen LogP contribution in [0.5, 0.6) is 11.5 Å². The van der Waals surface area contributed by atoms with E-state index in [2.05, 4.69) is 10.1 Å². The SMILES string of the molecule is CCC1=NN2C(=N)/C(=C/c3cccn3CCOc3ccc(C)cc3OC)C(=O)N=C2S1. The molecule has 0 spiro atoms. The number of benzene rings is 1. The first kappa shape index (κ1) is 20.9. The fourth-order valence-corrected chi connectivity index (χ4v) is 4.06. The van der Waals surface area contributed by atoms with Crippen LogP contribution in [0.15, 0.2) is 52.2 Å². The van der Waals surface area contributed by atoms with E-state index in [9.17, 15) is 4.79 Å². The summed E-state index contributed by atoms with van der Waals surface area (Å²) in [4.78, 5) is 16.6. The Hall–Kier alpha value is -3.33. The van der Waals surface area contributed by atoms with Crippen molar-refractivity contribution in [2.24, 2.45) is 10.1 Å². The highest BCUT2D eigenvalue weighted by atomic mass is 32.2. The van der Waals surface area contributed by atoms with Crippen LogP contribution in [0.1, 0.15) is 24.6 Å². The van der Waals surface area contributed by atoms with Crippen LogP contribution in [-0.2, 0) is 11.3 Å². The number of thioether (sulfide) groups is 1. The fraction of sp³-hybridized carbons (Fsp3) is 0.273. The van der Waals surface area contributed by atoms with E-state index < -0.39 is 5.91 Å². The Morgan fingerprint density at radius 2 is 2.10 bits per heavy atom. The van der Waals surface area contributed by atoms with Gasteiger partial charge in [0.15, 0.2) is 17.3 Å². The molecule has 0 saturated heterocycles. The van der Waals surface area contributed by atoms with Gasteiger partial charge in [0, 0.05) is 11.9 Å². The van der Waals surface area contributed by atoms with E-state index in [1.807, 2.05) is 54.9 Å². The molecule has 0 radical (unpaired) electrons. The van der Waals surface area contributed by atoms with E-state index >= 15 is 0 Å². The maximum Gasteiger partial charge on any atom is 0.283 e. The molecule has 0 bridgehead atoms. The Morgan fingerprint density at radius 3 is 2.87 bits per heavy atom. The van der Waals surface area contributed by atoms with Gasteiger partial charge in [-0.1, -0.05) is 13.0 Å². The van der Waals surface area contributed by atoms with Crippen LogP contribution in [0, 0.1) is 12.3 Å². The van der Waals surface area contributed by atoms with Crippen molar-refractivity contribution < 1.29 is 14.3 Å².